The van der Waals surface area contributed by atoms with Gasteiger partial charge in [-0.2, -0.15) is 4.31 Å². The quantitative estimate of drug-likeness (QED) is 0.870. The van der Waals surface area contributed by atoms with Crippen molar-refractivity contribution in [1.82, 2.24) is 14.3 Å². The minimum atomic E-state index is -3.56. The molecular weight excluding hydrogens is 340 g/mol. The van der Waals surface area contributed by atoms with Gasteiger partial charge in [0, 0.05) is 24.7 Å². The SMILES string of the molecule is Cc1cccc(NC(=O)C2CCN(S(=O)(=O)c3cnc[nH]3)CC2)c1C. The van der Waals surface area contributed by atoms with Crippen LogP contribution in [0, 0.1) is 19.8 Å². The van der Waals surface area contributed by atoms with E-state index in [4.69, 9.17) is 0 Å². The summed E-state index contributed by atoms with van der Waals surface area (Å²) in [6.07, 6.45) is 3.65. The maximum Gasteiger partial charge on any atom is 0.260 e. The standard InChI is InChI=1S/C17H22N4O3S/c1-12-4-3-5-15(13(12)2)20-17(22)14-6-8-21(9-7-14)25(23,24)16-10-18-11-19-16/h3-5,10-11,14H,6-9H2,1-2H3,(H,18,19)(H,20,22). The number of imidazole rings is 1. The molecular formula is C17H22N4O3S. The van der Waals surface area contributed by atoms with Crippen LogP contribution in [0.25, 0.3) is 0 Å². The number of rotatable bonds is 4. The van der Waals surface area contributed by atoms with E-state index in [0.717, 1.165) is 16.8 Å². The van der Waals surface area contributed by atoms with Gasteiger partial charge in [0.2, 0.25) is 5.91 Å². The Bertz CT molecular complexity index is 854. The molecule has 0 spiro atoms. The van der Waals surface area contributed by atoms with Crippen LogP contribution >= 0.6 is 0 Å². The first-order chi connectivity index (χ1) is 11.9. The van der Waals surface area contributed by atoms with Gasteiger partial charge in [-0.3, -0.25) is 4.79 Å². The second-order valence-corrected chi connectivity index (χ2v) is 8.24. The molecule has 1 amide bonds. The molecule has 2 N–H and O–H groups in total. The zero-order chi connectivity index (χ0) is 18.0. The van der Waals surface area contributed by atoms with Gasteiger partial charge < -0.3 is 10.3 Å². The van der Waals surface area contributed by atoms with E-state index in [-0.39, 0.29) is 16.9 Å². The van der Waals surface area contributed by atoms with Crippen LogP contribution in [0.4, 0.5) is 5.69 Å². The van der Waals surface area contributed by atoms with Crippen LogP contribution in [-0.2, 0) is 14.8 Å². The van der Waals surface area contributed by atoms with Crippen molar-refractivity contribution in [1.29, 1.82) is 0 Å². The van der Waals surface area contributed by atoms with Crippen molar-refractivity contribution in [2.24, 2.45) is 5.92 Å². The molecule has 8 heteroatoms. The molecule has 1 aromatic carbocycles. The average Bonchev–Trinajstić information content (AvgIpc) is 3.14. The highest BCUT2D eigenvalue weighted by Crippen LogP contribution is 2.25. The third-order valence-electron chi connectivity index (χ3n) is 4.78. The molecule has 134 valence electrons. The Kier molecular flexibility index (Phi) is 4.91. The lowest BCUT2D eigenvalue weighted by Gasteiger charge is -2.30. The van der Waals surface area contributed by atoms with Gasteiger partial charge in [-0.1, -0.05) is 12.1 Å². The molecule has 1 aromatic heterocycles. The Balaban J connectivity index is 1.62. The number of nitrogens with one attached hydrogen (secondary N) is 2. The number of nitrogens with zero attached hydrogens (tertiary/aromatic N) is 2. The van der Waals surface area contributed by atoms with Crippen molar-refractivity contribution in [3.05, 3.63) is 41.9 Å². The molecule has 25 heavy (non-hydrogen) atoms. The summed E-state index contributed by atoms with van der Waals surface area (Å²) in [5.74, 6) is -0.236. The van der Waals surface area contributed by atoms with Crippen LogP contribution in [0.5, 0.6) is 0 Å². The largest absolute Gasteiger partial charge is 0.335 e. The molecule has 1 fully saturated rings. The second-order valence-electron chi connectivity index (χ2n) is 6.33. The average molecular weight is 362 g/mol. The van der Waals surface area contributed by atoms with Gasteiger partial charge in [0.05, 0.1) is 12.5 Å². The number of hydrogen-bond donors (Lipinski definition) is 2. The predicted octanol–water partition coefficient (Wildman–Crippen LogP) is 2.07. The van der Waals surface area contributed by atoms with Gasteiger partial charge in [0.25, 0.3) is 10.0 Å². The number of aryl methyl sites for hydroxylation is 1. The lowest BCUT2D eigenvalue weighted by atomic mass is 9.97. The molecule has 0 aliphatic carbocycles. The van der Waals surface area contributed by atoms with E-state index in [1.54, 1.807) is 0 Å². The lowest BCUT2D eigenvalue weighted by molar-refractivity contribution is -0.120. The van der Waals surface area contributed by atoms with Crippen LogP contribution in [0.2, 0.25) is 0 Å². The summed E-state index contributed by atoms with van der Waals surface area (Å²) in [6.45, 7) is 4.63. The molecule has 2 heterocycles. The summed E-state index contributed by atoms with van der Waals surface area (Å²) >= 11 is 0. The number of anilines is 1. The Hall–Kier alpha value is -2.19. The molecule has 1 saturated heterocycles. The topological polar surface area (TPSA) is 95.2 Å². The number of sulfonamides is 1. The molecule has 0 bridgehead atoms. The Morgan fingerprint density at radius 3 is 2.64 bits per heavy atom. The number of aromatic amines is 1. The molecule has 2 aromatic rings. The zero-order valence-corrected chi connectivity index (χ0v) is 15.1. The number of carbonyl (C=O) groups excluding carboxylic acids is 1. The van der Waals surface area contributed by atoms with E-state index < -0.39 is 10.0 Å². The molecule has 0 unspecified atom stereocenters. The van der Waals surface area contributed by atoms with E-state index in [9.17, 15) is 13.2 Å². The van der Waals surface area contributed by atoms with Crippen molar-refractivity contribution in [3.63, 3.8) is 0 Å². The van der Waals surface area contributed by atoms with Gasteiger partial charge in [0.1, 0.15) is 0 Å². The molecule has 0 saturated carbocycles. The van der Waals surface area contributed by atoms with E-state index in [0.29, 0.717) is 25.9 Å². The monoisotopic (exact) mass is 362 g/mol. The van der Waals surface area contributed by atoms with E-state index in [1.165, 1.54) is 16.8 Å². The molecule has 0 atom stereocenters. The number of carbonyl (C=O) groups is 1. The number of benzene rings is 1. The van der Waals surface area contributed by atoms with Crippen molar-refractivity contribution in [2.45, 2.75) is 31.7 Å². The number of amides is 1. The lowest BCUT2D eigenvalue weighted by Crippen LogP contribution is -2.41. The number of hydrogen-bond acceptors (Lipinski definition) is 4. The van der Waals surface area contributed by atoms with Crippen molar-refractivity contribution < 1.29 is 13.2 Å². The maximum absolute atomic E-state index is 12.5. The molecule has 1 aliphatic rings. The highest BCUT2D eigenvalue weighted by molar-refractivity contribution is 7.89. The summed E-state index contributed by atoms with van der Waals surface area (Å²) < 4.78 is 26.3. The van der Waals surface area contributed by atoms with Gasteiger partial charge in [-0.25, -0.2) is 13.4 Å². The van der Waals surface area contributed by atoms with Crippen LogP contribution in [0.1, 0.15) is 24.0 Å². The summed E-state index contributed by atoms with van der Waals surface area (Å²) in [4.78, 5) is 18.9. The fourth-order valence-electron chi connectivity index (χ4n) is 3.00. The van der Waals surface area contributed by atoms with Crippen LogP contribution in [0.3, 0.4) is 0 Å². The van der Waals surface area contributed by atoms with Crippen LogP contribution in [-0.4, -0.2) is 41.7 Å². The molecule has 1 aliphatic heterocycles. The predicted molar refractivity (Wildman–Crippen MR) is 94.6 cm³/mol. The normalized spacial score (nSPS) is 16.7. The highest BCUT2D eigenvalue weighted by Gasteiger charge is 2.32. The Labute approximate surface area is 147 Å². The van der Waals surface area contributed by atoms with E-state index in [1.807, 2.05) is 32.0 Å². The fourth-order valence-corrected chi connectivity index (χ4v) is 4.37. The Morgan fingerprint density at radius 2 is 2.00 bits per heavy atom. The van der Waals surface area contributed by atoms with Crippen LogP contribution < -0.4 is 5.32 Å². The Morgan fingerprint density at radius 1 is 1.28 bits per heavy atom. The van der Waals surface area contributed by atoms with Gasteiger partial charge in [-0.05, 0) is 43.9 Å². The van der Waals surface area contributed by atoms with Crippen molar-refractivity contribution >= 4 is 21.6 Å². The smallest absolute Gasteiger partial charge is 0.260 e. The van der Waals surface area contributed by atoms with Crippen molar-refractivity contribution in [3.8, 4) is 0 Å². The zero-order valence-electron chi connectivity index (χ0n) is 14.3. The van der Waals surface area contributed by atoms with Crippen molar-refractivity contribution in [2.75, 3.05) is 18.4 Å². The first-order valence-electron chi connectivity index (χ1n) is 8.25. The third kappa shape index (κ3) is 3.59. The van der Waals surface area contributed by atoms with Gasteiger partial charge in [-0.15, -0.1) is 0 Å². The highest BCUT2D eigenvalue weighted by atomic mass is 32.2. The van der Waals surface area contributed by atoms with Gasteiger partial charge in [0.15, 0.2) is 5.03 Å². The van der Waals surface area contributed by atoms with Gasteiger partial charge >= 0.3 is 0 Å². The summed E-state index contributed by atoms with van der Waals surface area (Å²) in [6, 6.07) is 5.80. The number of H-pyrrole nitrogens is 1. The first kappa shape index (κ1) is 17.6. The number of aromatic nitrogens is 2. The molecule has 3 rings (SSSR count). The summed E-state index contributed by atoms with van der Waals surface area (Å²) in [5, 5.41) is 3.07. The van der Waals surface area contributed by atoms with E-state index >= 15 is 0 Å². The third-order valence-corrected chi connectivity index (χ3v) is 6.60. The summed E-state index contributed by atoms with van der Waals surface area (Å²) in [5.41, 5.74) is 2.99. The molecule has 7 nitrogen and oxygen atoms in total. The minimum Gasteiger partial charge on any atom is -0.335 e. The molecule has 0 radical (unpaired) electrons. The first-order valence-corrected chi connectivity index (χ1v) is 9.69. The maximum atomic E-state index is 12.5. The summed E-state index contributed by atoms with van der Waals surface area (Å²) in [7, 11) is -3.56. The van der Waals surface area contributed by atoms with Crippen LogP contribution in [0.15, 0.2) is 35.7 Å². The second kappa shape index (κ2) is 6.97. The minimum absolute atomic E-state index is 0.0488. The fraction of sp³-hybridized carbons (Fsp3) is 0.412. The van der Waals surface area contributed by atoms with E-state index in [2.05, 4.69) is 15.3 Å². The number of piperidine rings is 1.